The highest BCUT2D eigenvalue weighted by Crippen LogP contribution is 2.40. The fraction of sp³-hybridized carbons (Fsp3) is 0.480. The van der Waals surface area contributed by atoms with Crippen molar-refractivity contribution < 1.29 is 9.90 Å². The standard InChI is InChI=1S/C25H33N3O2/c1-15-9-10-16-13-28(23(26-8)21(16)27-15)14-20(29)17-11-18(24(2,3)4)22(30)19(12-17)25(5,6)7/h9-12,30H,13-14H2,1-8H3. The van der Waals surface area contributed by atoms with Crippen LogP contribution in [0, 0.1) is 6.92 Å². The van der Waals surface area contributed by atoms with Crippen LogP contribution in [-0.4, -0.2) is 40.2 Å². The minimum absolute atomic E-state index is 0.0108. The number of phenolic OH excluding ortho intramolecular Hbond substituents is 1. The van der Waals surface area contributed by atoms with E-state index >= 15 is 0 Å². The number of carbonyl (C=O) groups is 1. The molecule has 1 aromatic carbocycles. The number of aromatic hydroxyl groups is 1. The van der Waals surface area contributed by atoms with Crippen molar-refractivity contribution in [2.24, 2.45) is 4.99 Å². The molecule has 5 heteroatoms. The molecule has 160 valence electrons. The third-order valence-electron chi connectivity index (χ3n) is 5.58. The van der Waals surface area contributed by atoms with Gasteiger partial charge in [-0.3, -0.25) is 9.79 Å². The van der Waals surface area contributed by atoms with Crippen molar-refractivity contribution in [2.45, 2.75) is 65.8 Å². The second-order valence-electron chi connectivity index (χ2n) is 10.2. The van der Waals surface area contributed by atoms with Gasteiger partial charge in [0, 0.05) is 41.5 Å². The largest absolute Gasteiger partial charge is 0.507 e. The molecule has 0 atom stereocenters. The van der Waals surface area contributed by atoms with Crippen molar-refractivity contribution >= 4 is 11.6 Å². The van der Waals surface area contributed by atoms with Crippen LogP contribution >= 0.6 is 0 Å². The molecule has 5 nitrogen and oxygen atoms in total. The normalized spacial score (nSPS) is 15.6. The number of aryl methyl sites for hydroxylation is 1. The van der Waals surface area contributed by atoms with E-state index in [-0.39, 0.29) is 28.9 Å². The van der Waals surface area contributed by atoms with Crippen molar-refractivity contribution in [3.63, 3.8) is 0 Å². The summed E-state index contributed by atoms with van der Waals surface area (Å²) >= 11 is 0. The van der Waals surface area contributed by atoms with E-state index in [0.29, 0.717) is 12.1 Å². The van der Waals surface area contributed by atoms with Crippen LogP contribution in [0.4, 0.5) is 0 Å². The first-order valence-corrected chi connectivity index (χ1v) is 10.4. The van der Waals surface area contributed by atoms with Crippen molar-refractivity contribution in [3.05, 3.63) is 57.9 Å². The molecule has 1 N–H and O–H groups in total. The Morgan fingerprint density at radius 2 is 1.67 bits per heavy atom. The van der Waals surface area contributed by atoms with Gasteiger partial charge >= 0.3 is 0 Å². The smallest absolute Gasteiger partial charge is 0.182 e. The zero-order valence-corrected chi connectivity index (χ0v) is 19.4. The van der Waals surface area contributed by atoms with E-state index in [2.05, 4.69) is 57.6 Å². The molecule has 0 fully saturated rings. The summed E-state index contributed by atoms with van der Waals surface area (Å²) in [6.45, 7) is 15.1. The van der Waals surface area contributed by atoms with Gasteiger partial charge in [-0.25, -0.2) is 4.98 Å². The summed E-state index contributed by atoms with van der Waals surface area (Å²) in [5, 5.41) is 10.9. The molecule has 0 unspecified atom stereocenters. The number of benzene rings is 1. The molecule has 0 aliphatic carbocycles. The highest BCUT2D eigenvalue weighted by atomic mass is 16.3. The van der Waals surface area contributed by atoms with Crippen LogP contribution in [0.5, 0.6) is 5.75 Å². The topological polar surface area (TPSA) is 65.8 Å². The van der Waals surface area contributed by atoms with Gasteiger partial charge in [0.05, 0.1) is 6.54 Å². The molecule has 0 saturated carbocycles. The van der Waals surface area contributed by atoms with Crippen LogP contribution in [-0.2, 0) is 17.4 Å². The number of pyridine rings is 1. The van der Waals surface area contributed by atoms with Gasteiger partial charge in [0.25, 0.3) is 0 Å². The number of fused-ring (bicyclic) bond motifs is 1. The lowest BCUT2D eigenvalue weighted by Crippen LogP contribution is -2.31. The number of hydrogen-bond donors (Lipinski definition) is 1. The summed E-state index contributed by atoms with van der Waals surface area (Å²) in [6, 6.07) is 7.74. The SMILES string of the molecule is CN=C1c2nc(C)ccc2CN1CC(=O)c1cc(C(C)(C)C)c(O)c(C(C)(C)C)c1. The van der Waals surface area contributed by atoms with Crippen LogP contribution in [0.25, 0.3) is 0 Å². The second kappa shape index (κ2) is 7.53. The fourth-order valence-electron chi connectivity index (χ4n) is 3.92. The number of phenols is 1. The Labute approximate surface area is 179 Å². The zero-order valence-electron chi connectivity index (χ0n) is 19.4. The lowest BCUT2D eigenvalue weighted by molar-refractivity contribution is 0.0962. The lowest BCUT2D eigenvalue weighted by Gasteiger charge is -2.28. The van der Waals surface area contributed by atoms with Gasteiger partial charge in [0.15, 0.2) is 11.6 Å². The summed E-state index contributed by atoms with van der Waals surface area (Å²) in [5.41, 5.74) is 4.55. The first-order chi connectivity index (χ1) is 13.8. The van der Waals surface area contributed by atoms with Crippen molar-refractivity contribution in [1.82, 2.24) is 9.88 Å². The number of nitrogens with zero attached hydrogens (tertiary/aromatic N) is 3. The monoisotopic (exact) mass is 407 g/mol. The van der Waals surface area contributed by atoms with E-state index in [1.54, 1.807) is 7.05 Å². The molecule has 2 heterocycles. The molecule has 2 aromatic rings. The van der Waals surface area contributed by atoms with Crippen LogP contribution in [0.2, 0.25) is 0 Å². The van der Waals surface area contributed by atoms with Crippen molar-refractivity contribution in [2.75, 3.05) is 13.6 Å². The van der Waals surface area contributed by atoms with Crippen molar-refractivity contribution in [1.29, 1.82) is 0 Å². The fourth-order valence-corrected chi connectivity index (χ4v) is 3.92. The average molecular weight is 408 g/mol. The Bertz CT molecular complexity index is 989. The molecule has 0 radical (unpaired) electrons. The Kier molecular flexibility index (Phi) is 5.52. The van der Waals surface area contributed by atoms with Gasteiger partial charge in [0.1, 0.15) is 11.4 Å². The van der Waals surface area contributed by atoms with Crippen LogP contribution < -0.4 is 0 Å². The maximum Gasteiger partial charge on any atom is 0.182 e. The van der Waals surface area contributed by atoms with E-state index in [9.17, 15) is 9.90 Å². The Hall–Kier alpha value is -2.69. The molecule has 0 saturated heterocycles. The molecule has 0 spiro atoms. The third-order valence-corrected chi connectivity index (χ3v) is 5.58. The Morgan fingerprint density at radius 1 is 1.10 bits per heavy atom. The lowest BCUT2D eigenvalue weighted by atomic mass is 9.78. The van der Waals surface area contributed by atoms with E-state index < -0.39 is 0 Å². The van der Waals surface area contributed by atoms with Gasteiger partial charge in [-0.1, -0.05) is 47.6 Å². The molecule has 3 rings (SSSR count). The summed E-state index contributed by atoms with van der Waals surface area (Å²) < 4.78 is 0. The quantitative estimate of drug-likeness (QED) is 0.745. The van der Waals surface area contributed by atoms with Crippen LogP contribution in [0.3, 0.4) is 0 Å². The molecule has 1 aliphatic heterocycles. The van der Waals surface area contributed by atoms with Gasteiger partial charge < -0.3 is 10.0 Å². The van der Waals surface area contributed by atoms with Gasteiger partial charge in [-0.05, 0) is 36.0 Å². The minimum atomic E-state index is -0.276. The highest BCUT2D eigenvalue weighted by molar-refractivity contribution is 6.05. The van der Waals surface area contributed by atoms with Crippen molar-refractivity contribution in [3.8, 4) is 5.75 Å². The molecule has 1 aromatic heterocycles. The second-order valence-corrected chi connectivity index (χ2v) is 10.2. The molecule has 0 amide bonds. The Balaban J connectivity index is 1.98. The number of rotatable bonds is 3. The number of ketones is 1. The maximum atomic E-state index is 13.4. The zero-order chi connectivity index (χ0) is 22.4. The molecular weight excluding hydrogens is 374 g/mol. The number of Topliss-reactive ketones (excluding diaryl/α,β-unsaturated/α-hetero) is 1. The summed E-state index contributed by atoms with van der Waals surface area (Å²) in [4.78, 5) is 24.4. The van der Waals surface area contributed by atoms with Crippen LogP contribution in [0.1, 0.15) is 80.0 Å². The third kappa shape index (κ3) is 4.11. The number of amidine groups is 1. The van der Waals surface area contributed by atoms with E-state index in [0.717, 1.165) is 33.9 Å². The number of aromatic nitrogens is 1. The summed E-state index contributed by atoms with van der Waals surface area (Å²) in [6.07, 6.45) is 0. The molecule has 30 heavy (non-hydrogen) atoms. The summed E-state index contributed by atoms with van der Waals surface area (Å²) in [5.74, 6) is 1.06. The van der Waals surface area contributed by atoms with Crippen LogP contribution in [0.15, 0.2) is 29.3 Å². The van der Waals surface area contributed by atoms with E-state index in [1.165, 1.54) is 0 Å². The summed E-state index contributed by atoms with van der Waals surface area (Å²) in [7, 11) is 1.74. The number of aliphatic imine (C=N–C) groups is 1. The van der Waals surface area contributed by atoms with Gasteiger partial charge in [0.2, 0.25) is 0 Å². The predicted molar refractivity (Wildman–Crippen MR) is 122 cm³/mol. The maximum absolute atomic E-state index is 13.4. The first kappa shape index (κ1) is 22.0. The highest BCUT2D eigenvalue weighted by Gasteiger charge is 2.31. The van der Waals surface area contributed by atoms with Gasteiger partial charge in [-0.15, -0.1) is 0 Å². The predicted octanol–water partition coefficient (Wildman–Crippen LogP) is 4.77. The molecular formula is C25H33N3O2. The number of carbonyl (C=O) groups excluding carboxylic acids is 1. The molecule has 1 aliphatic rings. The number of hydrogen-bond acceptors (Lipinski definition) is 4. The van der Waals surface area contributed by atoms with E-state index in [1.807, 2.05) is 30.0 Å². The molecule has 0 bridgehead atoms. The average Bonchev–Trinajstić information content (AvgIpc) is 2.95. The van der Waals surface area contributed by atoms with Gasteiger partial charge in [-0.2, -0.15) is 0 Å². The minimum Gasteiger partial charge on any atom is -0.507 e. The Morgan fingerprint density at radius 3 is 2.17 bits per heavy atom. The van der Waals surface area contributed by atoms with E-state index in [4.69, 9.17) is 0 Å². The first-order valence-electron chi connectivity index (χ1n) is 10.4.